The van der Waals surface area contributed by atoms with Gasteiger partial charge in [-0.15, -0.1) is 11.3 Å². The summed E-state index contributed by atoms with van der Waals surface area (Å²) >= 11 is 4.27. The predicted molar refractivity (Wildman–Crippen MR) is 200 cm³/mol. The molecule has 1 aliphatic carbocycles. The number of carboxylic acids is 1. The van der Waals surface area contributed by atoms with Crippen LogP contribution >= 0.6 is 33.9 Å². The van der Waals surface area contributed by atoms with Gasteiger partial charge in [-0.05, 0) is 129 Å². The summed E-state index contributed by atoms with van der Waals surface area (Å²) in [6.07, 6.45) is 20.2. The van der Waals surface area contributed by atoms with Crippen LogP contribution in [0.4, 0.5) is 0 Å². The zero-order valence-corrected chi connectivity index (χ0v) is 33.3. The van der Waals surface area contributed by atoms with Crippen molar-refractivity contribution in [1.82, 2.24) is 0 Å². The zero-order valence-electron chi connectivity index (χ0n) is 29.3. The van der Waals surface area contributed by atoms with E-state index in [0.29, 0.717) is 6.42 Å². The molecule has 4 rings (SSSR count). The number of rotatable bonds is 17. The summed E-state index contributed by atoms with van der Waals surface area (Å²) in [5.41, 5.74) is 0. The Kier molecular flexibility index (Phi) is 15.9. The van der Waals surface area contributed by atoms with Crippen molar-refractivity contribution in [3.8, 4) is 0 Å². The maximum absolute atomic E-state index is 11.0. The third-order valence-electron chi connectivity index (χ3n) is 10.2. The summed E-state index contributed by atoms with van der Waals surface area (Å²) in [6, 6.07) is 4.45. The first-order valence-corrected chi connectivity index (χ1v) is 22.7. The van der Waals surface area contributed by atoms with Crippen molar-refractivity contribution in [2.24, 2.45) is 11.8 Å². The third-order valence-corrected chi connectivity index (χ3v) is 16.7. The molecule has 0 amide bonds. The molecule has 2 aliphatic heterocycles. The molecule has 1 aromatic heterocycles. The molecule has 7 atom stereocenters. The number of unbranched alkanes of at least 4 members (excludes halogenated alkanes) is 1. The topological polar surface area (TPSA) is 83.5 Å². The second-order valence-corrected chi connectivity index (χ2v) is 22.8. The van der Waals surface area contributed by atoms with Crippen molar-refractivity contribution in [1.29, 1.82) is 0 Å². The van der Waals surface area contributed by atoms with E-state index < -0.39 is 14.3 Å². The highest BCUT2D eigenvalue weighted by Gasteiger charge is 2.45. The lowest BCUT2D eigenvalue weighted by atomic mass is 9.89. The van der Waals surface area contributed by atoms with Crippen LogP contribution in [0.15, 0.2) is 36.4 Å². The molecular formula is C37H59IO7SSi. The van der Waals surface area contributed by atoms with Gasteiger partial charge in [0.1, 0.15) is 0 Å². The summed E-state index contributed by atoms with van der Waals surface area (Å²) < 4.78 is 34.1. The highest BCUT2D eigenvalue weighted by Crippen LogP contribution is 2.43. The average Bonchev–Trinajstić information content (AvgIpc) is 3.58. The Morgan fingerprint density at radius 2 is 1.74 bits per heavy atom. The van der Waals surface area contributed by atoms with Gasteiger partial charge in [0, 0.05) is 36.9 Å². The van der Waals surface area contributed by atoms with Crippen LogP contribution in [0.1, 0.15) is 103 Å². The van der Waals surface area contributed by atoms with E-state index in [1.165, 1.54) is 7.76 Å². The van der Waals surface area contributed by atoms with Crippen molar-refractivity contribution in [3.05, 3.63) is 44.2 Å². The lowest BCUT2D eigenvalue weighted by Crippen LogP contribution is -2.43. The van der Waals surface area contributed by atoms with E-state index >= 15 is 0 Å². The van der Waals surface area contributed by atoms with Crippen LogP contribution in [0.2, 0.25) is 18.1 Å². The molecule has 10 heteroatoms. The number of hydrogen-bond donors (Lipinski definition) is 1. The molecule has 0 bridgehead atoms. The number of hydrogen-bond acceptors (Lipinski definition) is 7. The molecule has 1 N–H and O–H groups in total. The van der Waals surface area contributed by atoms with E-state index in [1.54, 1.807) is 0 Å². The van der Waals surface area contributed by atoms with Gasteiger partial charge < -0.3 is 28.5 Å². The molecule has 1 saturated carbocycles. The van der Waals surface area contributed by atoms with Crippen LogP contribution in [0.3, 0.4) is 0 Å². The fraction of sp³-hybridized carbons (Fsp3) is 0.757. The van der Waals surface area contributed by atoms with Crippen molar-refractivity contribution < 1.29 is 33.3 Å². The van der Waals surface area contributed by atoms with Crippen LogP contribution in [-0.2, 0) is 34.6 Å². The number of halogens is 1. The normalized spacial score (nSPS) is 28.4. The number of allylic oxidation sites excluding steroid dienone is 2. The molecule has 1 aromatic rings. The minimum atomic E-state index is -2.03. The standard InChI is InChI=1S/C37H59IO7SSi/c1-37(2,3)47(4,5)45-27(18-20-28-21-23-33(38)46-28)19-22-30-29(14-8-6-7-9-15-34(39)40)31(43-35-16-10-12-24-41-35)26-32(30)44-36-17-11-13-25-42-36/h6,8,19,21-23,27,29-32,35-36H,7,9-18,20,24-26H2,1-5H3,(H,39,40)/b8-6-,22-19+/t27-,29+,30+,31-,32+,35?,36?/m0/s1. The Morgan fingerprint density at radius 1 is 1.06 bits per heavy atom. The van der Waals surface area contributed by atoms with Crippen molar-refractivity contribution in [3.63, 3.8) is 0 Å². The van der Waals surface area contributed by atoms with E-state index in [9.17, 15) is 4.79 Å². The fourth-order valence-electron chi connectivity index (χ4n) is 6.50. The smallest absolute Gasteiger partial charge is 0.303 e. The third kappa shape index (κ3) is 12.9. The molecule has 0 spiro atoms. The van der Waals surface area contributed by atoms with Gasteiger partial charge >= 0.3 is 5.97 Å². The Morgan fingerprint density at radius 3 is 2.32 bits per heavy atom. The number of thiophene rings is 1. The van der Waals surface area contributed by atoms with E-state index in [1.807, 2.05) is 11.3 Å². The van der Waals surface area contributed by atoms with Gasteiger partial charge in [0.2, 0.25) is 0 Å². The molecule has 266 valence electrons. The second kappa shape index (κ2) is 19.1. The van der Waals surface area contributed by atoms with Gasteiger partial charge in [-0.25, -0.2) is 0 Å². The minimum Gasteiger partial charge on any atom is -0.481 e. The maximum Gasteiger partial charge on any atom is 0.303 e. The minimum absolute atomic E-state index is 0.00189. The Hall–Kier alpha value is -0.603. The molecule has 0 aromatic carbocycles. The zero-order chi connectivity index (χ0) is 33.9. The first kappa shape index (κ1) is 39.2. The molecular weight excluding hydrogens is 743 g/mol. The number of aliphatic carboxylic acids is 1. The van der Waals surface area contributed by atoms with E-state index in [4.69, 9.17) is 28.5 Å². The van der Waals surface area contributed by atoms with E-state index in [2.05, 4.69) is 92.9 Å². The largest absolute Gasteiger partial charge is 0.481 e. The first-order valence-electron chi connectivity index (χ1n) is 17.9. The SMILES string of the molecule is CC(C)(C)[Si](C)(C)O[C@H](/C=C/[C@@H]1[C@@H](C/C=C\CCCC(=O)O)[C@@H](OC2CCCCO2)C[C@H]1OC1CCCCO1)CCc1ccc(I)s1. The van der Waals surface area contributed by atoms with Crippen LogP contribution in [0, 0.1) is 14.7 Å². The Balaban J connectivity index is 1.58. The second-order valence-electron chi connectivity index (χ2n) is 15.0. The molecule has 3 heterocycles. The molecule has 3 fully saturated rings. The average molecular weight is 803 g/mol. The van der Waals surface area contributed by atoms with Gasteiger partial charge in [0.05, 0.1) is 21.2 Å². The highest BCUT2D eigenvalue weighted by atomic mass is 127. The van der Waals surface area contributed by atoms with Gasteiger partial charge in [0.15, 0.2) is 20.9 Å². The lowest BCUT2D eigenvalue weighted by Gasteiger charge is -2.39. The highest BCUT2D eigenvalue weighted by molar-refractivity contribution is 14.1. The van der Waals surface area contributed by atoms with Gasteiger partial charge in [-0.2, -0.15) is 0 Å². The van der Waals surface area contributed by atoms with Gasteiger partial charge in [-0.3, -0.25) is 4.79 Å². The predicted octanol–water partition coefficient (Wildman–Crippen LogP) is 9.89. The summed E-state index contributed by atoms with van der Waals surface area (Å²) in [6.45, 7) is 13.1. The maximum atomic E-state index is 11.0. The quantitative estimate of drug-likeness (QED) is 0.0727. The first-order chi connectivity index (χ1) is 22.4. The molecule has 2 unspecified atom stereocenters. The number of carbonyl (C=O) groups is 1. The monoisotopic (exact) mass is 802 g/mol. The molecule has 47 heavy (non-hydrogen) atoms. The Bertz CT molecular complexity index is 1140. The Labute approximate surface area is 302 Å². The molecule has 0 radical (unpaired) electrons. The molecule has 7 nitrogen and oxygen atoms in total. The van der Waals surface area contributed by atoms with Crippen molar-refractivity contribution in [2.45, 2.75) is 153 Å². The van der Waals surface area contributed by atoms with Crippen molar-refractivity contribution in [2.75, 3.05) is 13.2 Å². The number of aryl methyl sites for hydroxylation is 1. The van der Waals surface area contributed by atoms with Crippen LogP contribution in [0.25, 0.3) is 0 Å². The summed E-state index contributed by atoms with van der Waals surface area (Å²) in [7, 11) is -2.03. The van der Waals surface area contributed by atoms with Crippen LogP contribution in [0.5, 0.6) is 0 Å². The van der Waals surface area contributed by atoms with Crippen LogP contribution in [-0.4, -0.2) is 63.5 Å². The van der Waals surface area contributed by atoms with Gasteiger partial charge in [-0.1, -0.05) is 45.1 Å². The lowest BCUT2D eigenvalue weighted by molar-refractivity contribution is -0.203. The van der Waals surface area contributed by atoms with Gasteiger partial charge in [0.25, 0.3) is 0 Å². The molecule has 2 saturated heterocycles. The summed E-state index contributed by atoms with van der Waals surface area (Å²) in [5.74, 6) is -0.409. The number of carboxylic acid groups (broad SMARTS) is 1. The van der Waals surface area contributed by atoms with Crippen LogP contribution < -0.4 is 0 Å². The summed E-state index contributed by atoms with van der Waals surface area (Å²) in [4.78, 5) is 12.4. The fourth-order valence-corrected chi connectivity index (χ4v) is 9.58. The van der Waals surface area contributed by atoms with E-state index in [0.717, 1.165) is 83.8 Å². The summed E-state index contributed by atoms with van der Waals surface area (Å²) in [5, 5.41) is 9.18. The van der Waals surface area contributed by atoms with E-state index in [-0.39, 0.29) is 54.2 Å². The number of ether oxygens (including phenoxy) is 4. The van der Waals surface area contributed by atoms with Crippen molar-refractivity contribution >= 4 is 48.2 Å². The molecule has 3 aliphatic rings.